The van der Waals surface area contributed by atoms with Gasteiger partial charge < -0.3 is 14.9 Å². The molecule has 182 valence electrons. The Balaban J connectivity index is 1.33. The van der Waals surface area contributed by atoms with Gasteiger partial charge in [0.05, 0.1) is 0 Å². The first kappa shape index (κ1) is 24.2. The lowest BCUT2D eigenvalue weighted by Crippen LogP contribution is -2.57. The summed E-state index contributed by atoms with van der Waals surface area (Å²) in [6.45, 7) is 6.85. The topological polar surface area (TPSA) is 77.0 Å². The Morgan fingerprint density at radius 1 is 1.06 bits per heavy atom. The number of phenolic OH excluding ortho intramolecular Hbond substituents is 1. The Bertz CT molecular complexity index is 971. The molecule has 1 atom stereocenters. The van der Waals surface area contributed by atoms with Crippen LogP contribution in [0.4, 0.5) is 4.79 Å². The van der Waals surface area contributed by atoms with E-state index < -0.39 is 5.54 Å². The highest BCUT2D eigenvalue weighted by Crippen LogP contribution is 2.38. The third-order valence-corrected chi connectivity index (χ3v) is 7.54. The molecule has 1 N–H and O–H groups in total. The monoisotopic (exact) mass is 464 g/mol. The van der Waals surface area contributed by atoms with Crippen LogP contribution in [0.25, 0.3) is 0 Å². The van der Waals surface area contributed by atoms with Gasteiger partial charge in [-0.15, -0.1) is 0 Å². The van der Waals surface area contributed by atoms with Gasteiger partial charge in [0, 0.05) is 44.6 Å². The third kappa shape index (κ3) is 4.94. The number of piperidine rings is 1. The highest BCUT2D eigenvalue weighted by Gasteiger charge is 2.57. The molecule has 1 spiro atoms. The number of likely N-dealkylation sites (tertiary alicyclic amines) is 1. The number of amides is 3. The van der Waals surface area contributed by atoms with Crippen molar-refractivity contribution in [2.75, 3.05) is 26.2 Å². The van der Waals surface area contributed by atoms with Crippen LogP contribution >= 0.6 is 0 Å². The average molecular weight is 465 g/mol. The number of aromatic hydroxyl groups is 1. The van der Waals surface area contributed by atoms with Crippen LogP contribution in [-0.4, -0.2) is 74.5 Å². The van der Waals surface area contributed by atoms with Gasteiger partial charge >= 0.3 is 6.03 Å². The number of aromatic nitrogens is 1. The molecule has 1 aromatic heterocycles. The normalized spacial score (nSPS) is 19.2. The van der Waals surface area contributed by atoms with Crippen LogP contribution in [0.15, 0.2) is 48.8 Å². The molecule has 2 fully saturated rings. The number of pyridine rings is 1. The number of hydrogen-bond acceptors (Lipinski definition) is 5. The van der Waals surface area contributed by atoms with Crippen molar-refractivity contribution in [3.8, 4) is 5.75 Å². The van der Waals surface area contributed by atoms with Gasteiger partial charge in [0.25, 0.3) is 5.91 Å². The minimum atomic E-state index is -0.687. The smallest absolute Gasteiger partial charge is 0.327 e. The SMILES string of the molecule is CCN1C(=O)N(CCCc2cccnc2)C(=O)C12CCN(C(C)CCc1ccc(O)cc1)CC2. The zero-order valence-corrected chi connectivity index (χ0v) is 20.3. The molecule has 0 bridgehead atoms. The molecule has 2 aliphatic heterocycles. The van der Waals surface area contributed by atoms with Crippen LogP contribution in [0.3, 0.4) is 0 Å². The lowest BCUT2D eigenvalue weighted by Gasteiger charge is -2.43. The molecule has 2 saturated heterocycles. The maximum absolute atomic E-state index is 13.5. The molecule has 3 amide bonds. The van der Waals surface area contributed by atoms with Crippen LogP contribution in [0.5, 0.6) is 5.75 Å². The molecular formula is C27H36N4O3. The number of carbonyl (C=O) groups is 2. The summed E-state index contributed by atoms with van der Waals surface area (Å²) in [5.74, 6) is 0.280. The molecule has 1 aromatic carbocycles. The Labute approximate surface area is 202 Å². The van der Waals surface area contributed by atoms with E-state index in [4.69, 9.17) is 0 Å². The van der Waals surface area contributed by atoms with Crippen molar-refractivity contribution in [1.82, 2.24) is 19.7 Å². The first-order chi connectivity index (χ1) is 16.4. The van der Waals surface area contributed by atoms with Crippen LogP contribution < -0.4 is 0 Å². The second-order valence-corrected chi connectivity index (χ2v) is 9.57. The zero-order valence-electron chi connectivity index (χ0n) is 20.3. The molecule has 7 nitrogen and oxygen atoms in total. The van der Waals surface area contributed by atoms with E-state index in [1.165, 1.54) is 10.5 Å². The number of nitrogens with zero attached hydrogens (tertiary/aromatic N) is 4. The van der Waals surface area contributed by atoms with Gasteiger partial charge in [-0.3, -0.25) is 14.7 Å². The number of carbonyl (C=O) groups excluding carboxylic acids is 2. The number of likely N-dealkylation sites (N-methyl/N-ethyl adjacent to an activating group) is 1. The van der Waals surface area contributed by atoms with Crippen molar-refractivity contribution in [1.29, 1.82) is 0 Å². The van der Waals surface area contributed by atoms with Crippen molar-refractivity contribution in [2.45, 2.75) is 64.0 Å². The summed E-state index contributed by atoms with van der Waals surface area (Å²) in [5, 5.41) is 9.47. The van der Waals surface area contributed by atoms with Gasteiger partial charge in [-0.1, -0.05) is 18.2 Å². The summed E-state index contributed by atoms with van der Waals surface area (Å²) >= 11 is 0. The molecule has 0 radical (unpaired) electrons. The van der Waals surface area contributed by atoms with E-state index in [1.807, 2.05) is 42.3 Å². The highest BCUT2D eigenvalue weighted by atomic mass is 16.3. The predicted molar refractivity (Wildman–Crippen MR) is 131 cm³/mol. The standard InChI is InChI=1S/C27H36N4O3/c1-3-31-26(34)30(17-5-7-23-6-4-16-28-20-23)25(33)27(31)14-18-29(19-15-27)21(2)8-9-22-10-12-24(32)13-11-22/h4,6,10-13,16,20-21,32H,3,5,7-9,14-15,17-19H2,1-2H3. The first-order valence-electron chi connectivity index (χ1n) is 12.5. The summed E-state index contributed by atoms with van der Waals surface area (Å²) in [6, 6.07) is 11.6. The lowest BCUT2D eigenvalue weighted by atomic mass is 9.85. The quantitative estimate of drug-likeness (QED) is 0.570. The molecule has 0 aliphatic carbocycles. The van der Waals surface area contributed by atoms with Crippen LogP contribution in [-0.2, 0) is 17.6 Å². The van der Waals surface area contributed by atoms with Gasteiger partial charge in [-0.2, -0.15) is 0 Å². The maximum atomic E-state index is 13.5. The van der Waals surface area contributed by atoms with Crippen LogP contribution in [0.2, 0.25) is 0 Å². The number of urea groups is 1. The molecule has 1 unspecified atom stereocenters. The number of phenols is 1. The van der Waals surface area contributed by atoms with Gasteiger partial charge in [0.2, 0.25) is 0 Å². The summed E-state index contributed by atoms with van der Waals surface area (Å²) < 4.78 is 0. The fraction of sp³-hybridized carbons (Fsp3) is 0.519. The zero-order chi connectivity index (χ0) is 24.1. The van der Waals surface area contributed by atoms with Crippen molar-refractivity contribution in [3.63, 3.8) is 0 Å². The van der Waals surface area contributed by atoms with E-state index >= 15 is 0 Å². The van der Waals surface area contributed by atoms with E-state index in [0.29, 0.717) is 37.7 Å². The van der Waals surface area contributed by atoms with Gasteiger partial charge in [-0.05, 0) is 81.7 Å². The Morgan fingerprint density at radius 3 is 2.44 bits per heavy atom. The maximum Gasteiger partial charge on any atom is 0.327 e. The number of hydrogen-bond donors (Lipinski definition) is 1. The molecule has 3 heterocycles. The van der Waals surface area contributed by atoms with E-state index in [0.717, 1.165) is 44.3 Å². The minimum absolute atomic E-state index is 0.0121. The largest absolute Gasteiger partial charge is 0.508 e. The van der Waals surface area contributed by atoms with E-state index in [-0.39, 0.29) is 11.9 Å². The third-order valence-electron chi connectivity index (χ3n) is 7.54. The van der Waals surface area contributed by atoms with Crippen LogP contribution in [0, 0.1) is 0 Å². The lowest BCUT2D eigenvalue weighted by molar-refractivity contribution is -0.136. The van der Waals surface area contributed by atoms with Crippen LogP contribution in [0.1, 0.15) is 50.7 Å². The number of imide groups is 1. The van der Waals surface area contributed by atoms with E-state index in [2.05, 4.69) is 16.8 Å². The molecule has 7 heteroatoms. The summed E-state index contributed by atoms with van der Waals surface area (Å²) in [4.78, 5) is 36.6. The molecular weight excluding hydrogens is 428 g/mol. The summed E-state index contributed by atoms with van der Waals surface area (Å²) in [5.41, 5.74) is 1.65. The van der Waals surface area contributed by atoms with Gasteiger partial charge in [-0.25, -0.2) is 4.79 Å². The molecule has 2 aromatic rings. The van der Waals surface area contributed by atoms with Crippen molar-refractivity contribution in [2.24, 2.45) is 0 Å². The van der Waals surface area contributed by atoms with Gasteiger partial charge in [0.15, 0.2) is 0 Å². The van der Waals surface area contributed by atoms with Crippen molar-refractivity contribution in [3.05, 3.63) is 59.9 Å². The Morgan fingerprint density at radius 2 is 1.79 bits per heavy atom. The van der Waals surface area contributed by atoms with E-state index in [1.54, 1.807) is 18.3 Å². The summed E-state index contributed by atoms with van der Waals surface area (Å²) in [7, 11) is 0. The van der Waals surface area contributed by atoms with Crippen molar-refractivity contribution >= 4 is 11.9 Å². The molecule has 0 saturated carbocycles. The molecule has 2 aliphatic rings. The average Bonchev–Trinajstić information content (AvgIpc) is 3.05. The Hall–Kier alpha value is -2.93. The number of rotatable bonds is 9. The molecule has 34 heavy (non-hydrogen) atoms. The van der Waals surface area contributed by atoms with E-state index in [9.17, 15) is 14.7 Å². The highest BCUT2D eigenvalue weighted by molar-refractivity contribution is 6.07. The summed E-state index contributed by atoms with van der Waals surface area (Å²) in [6.07, 6.45) is 8.48. The predicted octanol–water partition coefficient (Wildman–Crippen LogP) is 3.86. The number of aryl methyl sites for hydroxylation is 2. The number of benzene rings is 1. The fourth-order valence-electron chi connectivity index (χ4n) is 5.44. The second kappa shape index (κ2) is 10.6. The van der Waals surface area contributed by atoms with Crippen molar-refractivity contribution < 1.29 is 14.7 Å². The Kier molecular flexibility index (Phi) is 7.51. The molecule has 4 rings (SSSR count). The minimum Gasteiger partial charge on any atom is -0.508 e. The fourth-order valence-corrected chi connectivity index (χ4v) is 5.44. The van der Waals surface area contributed by atoms with Gasteiger partial charge in [0.1, 0.15) is 11.3 Å². The second-order valence-electron chi connectivity index (χ2n) is 9.57. The first-order valence-corrected chi connectivity index (χ1v) is 12.5.